The Morgan fingerprint density at radius 2 is 2.12 bits per heavy atom. The van der Waals surface area contributed by atoms with Crippen LogP contribution in [0.3, 0.4) is 0 Å². The number of nitrogens with two attached hydrogens (primary N) is 1. The summed E-state index contributed by atoms with van der Waals surface area (Å²) >= 11 is 0. The molecule has 0 spiro atoms. The van der Waals surface area contributed by atoms with Gasteiger partial charge in [-0.3, -0.25) is 15.2 Å². The molecule has 1 aromatic heterocycles. The molecule has 0 aliphatic carbocycles. The summed E-state index contributed by atoms with van der Waals surface area (Å²) in [6.45, 7) is 0.676. The third-order valence-electron chi connectivity index (χ3n) is 4.22. The molecular formula is C15H20N6O3S. The van der Waals surface area contributed by atoms with E-state index in [1.807, 2.05) is 6.07 Å². The van der Waals surface area contributed by atoms with E-state index in [2.05, 4.69) is 20.5 Å². The standard InChI is InChI=1S/C15H20N6O3S/c1-25(23,24)21-6-4-10(5-7-21)14(22)19-15(16)18-12-3-2-11-9-17-20-13(11)8-12/h2-3,8-10H,4-7H2,1H3,(H,17,20)(H3,16,18,19,22). The number of amides is 1. The van der Waals surface area contributed by atoms with Gasteiger partial charge in [-0.1, -0.05) is 0 Å². The molecule has 2 aromatic rings. The van der Waals surface area contributed by atoms with Crippen LogP contribution in [0.15, 0.2) is 29.4 Å². The molecule has 2 heterocycles. The number of fused-ring (bicyclic) bond motifs is 1. The number of guanidine groups is 1. The molecule has 1 amide bonds. The molecule has 134 valence electrons. The number of sulfonamides is 1. The van der Waals surface area contributed by atoms with Crippen molar-refractivity contribution in [1.82, 2.24) is 19.8 Å². The van der Waals surface area contributed by atoms with Crippen molar-refractivity contribution in [2.24, 2.45) is 16.6 Å². The number of nitrogens with one attached hydrogen (secondary N) is 2. The molecule has 1 aliphatic rings. The maximum Gasteiger partial charge on any atom is 0.229 e. The normalized spacial score (nSPS) is 17.7. The molecule has 4 N–H and O–H groups in total. The van der Waals surface area contributed by atoms with Crippen molar-refractivity contribution in [1.29, 1.82) is 0 Å². The van der Waals surface area contributed by atoms with Crippen molar-refractivity contribution in [3.05, 3.63) is 24.4 Å². The molecule has 1 aromatic carbocycles. The van der Waals surface area contributed by atoms with E-state index in [1.165, 1.54) is 10.6 Å². The predicted octanol–water partition coefficient (Wildman–Crippen LogP) is 0.297. The number of carbonyl (C=O) groups is 1. The van der Waals surface area contributed by atoms with Crippen LogP contribution in [0.5, 0.6) is 0 Å². The van der Waals surface area contributed by atoms with Gasteiger partial charge in [0.05, 0.1) is 23.7 Å². The first-order valence-electron chi connectivity index (χ1n) is 7.86. The van der Waals surface area contributed by atoms with E-state index < -0.39 is 10.0 Å². The number of hydrogen-bond donors (Lipinski definition) is 3. The summed E-state index contributed by atoms with van der Waals surface area (Å²) in [6, 6.07) is 5.42. The molecule has 9 nitrogen and oxygen atoms in total. The third-order valence-corrected chi connectivity index (χ3v) is 5.52. The van der Waals surface area contributed by atoms with E-state index in [0.717, 1.165) is 10.9 Å². The van der Waals surface area contributed by atoms with Gasteiger partial charge in [-0.15, -0.1) is 0 Å². The summed E-state index contributed by atoms with van der Waals surface area (Å²) in [4.78, 5) is 16.5. The van der Waals surface area contributed by atoms with Crippen molar-refractivity contribution in [2.75, 3.05) is 19.3 Å². The van der Waals surface area contributed by atoms with Crippen LogP contribution in [0.4, 0.5) is 5.69 Å². The van der Waals surface area contributed by atoms with Gasteiger partial charge in [0.15, 0.2) is 0 Å². The number of benzene rings is 1. The van der Waals surface area contributed by atoms with Gasteiger partial charge >= 0.3 is 0 Å². The molecule has 25 heavy (non-hydrogen) atoms. The first kappa shape index (κ1) is 17.4. The van der Waals surface area contributed by atoms with Crippen molar-refractivity contribution in [2.45, 2.75) is 12.8 Å². The Morgan fingerprint density at radius 1 is 1.40 bits per heavy atom. The fourth-order valence-electron chi connectivity index (χ4n) is 2.84. The van der Waals surface area contributed by atoms with Gasteiger partial charge in [-0.05, 0) is 31.0 Å². The molecule has 1 saturated heterocycles. The molecule has 1 fully saturated rings. The van der Waals surface area contributed by atoms with Gasteiger partial charge in [0.2, 0.25) is 21.9 Å². The van der Waals surface area contributed by atoms with Gasteiger partial charge in [0.25, 0.3) is 0 Å². The number of nitrogens with zero attached hydrogens (tertiary/aromatic N) is 3. The zero-order valence-electron chi connectivity index (χ0n) is 13.8. The second-order valence-electron chi connectivity index (χ2n) is 6.06. The number of aromatic amines is 1. The maximum atomic E-state index is 12.3. The lowest BCUT2D eigenvalue weighted by molar-refractivity contribution is -0.124. The number of piperidine rings is 1. The topological polar surface area (TPSA) is 134 Å². The minimum atomic E-state index is -3.21. The second kappa shape index (κ2) is 6.81. The minimum absolute atomic E-state index is 0.00871. The van der Waals surface area contributed by atoms with Crippen LogP contribution in [0.25, 0.3) is 10.9 Å². The zero-order valence-corrected chi connectivity index (χ0v) is 14.6. The highest BCUT2D eigenvalue weighted by Gasteiger charge is 2.29. The van der Waals surface area contributed by atoms with Gasteiger partial charge in [0.1, 0.15) is 0 Å². The molecule has 10 heteroatoms. The van der Waals surface area contributed by atoms with Crippen LogP contribution in [0.1, 0.15) is 12.8 Å². The molecule has 0 radical (unpaired) electrons. The van der Waals surface area contributed by atoms with E-state index in [4.69, 9.17) is 5.73 Å². The molecule has 0 unspecified atom stereocenters. The molecule has 3 rings (SSSR count). The largest absolute Gasteiger partial charge is 0.369 e. The number of aromatic nitrogens is 2. The lowest BCUT2D eigenvalue weighted by Crippen LogP contribution is -2.45. The van der Waals surface area contributed by atoms with E-state index in [1.54, 1.807) is 18.3 Å². The first-order chi connectivity index (χ1) is 11.8. The summed E-state index contributed by atoms with van der Waals surface area (Å²) in [6.07, 6.45) is 3.81. The molecule has 0 atom stereocenters. The summed E-state index contributed by atoms with van der Waals surface area (Å²) in [5, 5.41) is 10.3. The summed E-state index contributed by atoms with van der Waals surface area (Å²) in [7, 11) is -3.21. The average molecular weight is 364 g/mol. The molecule has 1 aliphatic heterocycles. The van der Waals surface area contributed by atoms with Crippen LogP contribution in [0, 0.1) is 5.92 Å². The Morgan fingerprint density at radius 3 is 2.80 bits per heavy atom. The lowest BCUT2D eigenvalue weighted by atomic mass is 9.97. The average Bonchev–Trinajstić information content (AvgIpc) is 3.01. The van der Waals surface area contributed by atoms with Crippen LogP contribution in [0.2, 0.25) is 0 Å². The van der Waals surface area contributed by atoms with Gasteiger partial charge in [-0.2, -0.15) is 5.10 Å². The SMILES string of the molecule is CS(=O)(=O)N1CCC(C(=O)NC(N)=Nc2ccc3cn[nH]c3c2)CC1. The Hall–Kier alpha value is -2.46. The highest BCUT2D eigenvalue weighted by molar-refractivity contribution is 7.88. The van der Waals surface area contributed by atoms with Crippen LogP contribution in [-0.4, -0.2) is 54.1 Å². The van der Waals surface area contributed by atoms with E-state index in [9.17, 15) is 13.2 Å². The summed E-state index contributed by atoms with van der Waals surface area (Å²) in [5.41, 5.74) is 7.24. The summed E-state index contributed by atoms with van der Waals surface area (Å²) in [5.74, 6) is -0.506. The fraction of sp³-hybridized carbons (Fsp3) is 0.400. The van der Waals surface area contributed by atoms with Gasteiger partial charge in [-0.25, -0.2) is 17.7 Å². The monoisotopic (exact) mass is 364 g/mol. The van der Waals surface area contributed by atoms with Gasteiger partial charge in [0, 0.05) is 24.4 Å². The lowest BCUT2D eigenvalue weighted by Gasteiger charge is -2.29. The smallest absolute Gasteiger partial charge is 0.229 e. The Bertz CT molecular complexity index is 912. The number of aliphatic imine (C=N–C) groups is 1. The zero-order chi connectivity index (χ0) is 18.0. The Labute approximate surface area is 145 Å². The maximum absolute atomic E-state index is 12.3. The van der Waals surface area contributed by atoms with E-state index in [-0.39, 0.29) is 17.8 Å². The Kier molecular flexibility index (Phi) is 4.73. The highest BCUT2D eigenvalue weighted by atomic mass is 32.2. The third kappa shape index (κ3) is 4.15. The minimum Gasteiger partial charge on any atom is -0.369 e. The second-order valence-corrected chi connectivity index (χ2v) is 8.05. The van der Waals surface area contributed by atoms with Crippen molar-refractivity contribution < 1.29 is 13.2 Å². The molecular weight excluding hydrogens is 344 g/mol. The van der Waals surface area contributed by atoms with Crippen LogP contribution in [-0.2, 0) is 14.8 Å². The van der Waals surface area contributed by atoms with E-state index >= 15 is 0 Å². The van der Waals surface area contributed by atoms with E-state index in [0.29, 0.717) is 31.6 Å². The predicted molar refractivity (Wildman–Crippen MR) is 94.7 cm³/mol. The van der Waals surface area contributed by atoms with Crippen molar-refractivity contribution in [3.8, 4) is 0 Å². The Balaban J connectivity index is 1.60. The molecule has 0 saturated carbocycles. The number of H-pyrrole nitrogens is 1. The quantitative estimate of drug-likeness (QED) is 0.532. The van der Waals surface area contributed by atoms with Crippen molar-refractivity contribution in [3.63, 3.8) is 0 Å². The number of rotatable bonds is 3. The number of carbonyl (C=O) groups excluding carboxylic acids is 1. The van der Waals surface area contributed by atoms with Crippen LogP contribution >= 0.6 is 0 Å². The van der Waals surface area contributed by atoms with Gasteiger partial charge < -0.3 is 5.73 Å². The first-order valence-corrected chi connectivity index (χ1v) is 9.71. The highest BCUT2D eigenvalue weighted by Crippen LogP contribution is 2.20. The van der Waals surface area contributed by atoms with Crippen molar-refractivity contribution >= 4 is 38.5 Å². The molecule has 0 bridgehead atoms. The number of hydrogen-bond acceptors (Lipinski definition) is 5. The van der Waals surface area contributed by atoms with Crippen LogP contribution < -0.4 is 11.1 Å². The summed E-state index contributed by atoms with van der Waals surface area (Å²) < 4.78 is 24.4. The fourth-order valence-corrected chi connectivity index (χ4v) is 3.71.